The van der Waals surface area contributed by atoms with Crippen LogP contribution in [0.25, 0.3) is 0 Å². The Morgan fingerprint density at radius 2 is 2.12 bits per heavy atom. The molecule has 1 rings (SSSR count). The molecule has 0 fully saturated rings. The molecule has 1 aromatic rings. The number of nitrogens with one attached hydrogen (secondary N) is 2. The van der Waals surface area contributed by atoms with Gasteiger partial charge in [0.15, 0.2) is 0 Å². The van der Waals surface area contributed by atoms with E-state index < -0.39 is 0 Å². The smallest absolute Gasteiger partial charge is 0.251 e. The summed E-state index contributed by atoms with van der Waals surface area (Å²) in [4.78, 5) is 22.9. The number of likely N-dealkylation sites (N-methyl/N-ethyl adjacent to an activating group) is 1. The first-order valence-electron chi connectivity index (χ1n) is 5.30. The van der Waals surface area contributed by atoms with Gasteiger partial charge in [-0.25, -0.2) is 0 Å². The minimum absolute atomic E-state index is 0. The van der Waals surface area contributed by atoms with Crippen molar-refractivity contribution >= 4 is 18.3 Å². The molecule has 0 saturated heterocycles. The van der Waals surface area contributed by atoms with E-state index in [-0.39, 0.29) is 23.9 Å². The van der Waals surface area contributed by atoms with Crippen molar-refractivity contribution in [2.24, 2.45) is 7.05 Å². The molecule has 0 saturated carbocycles. The summed E-state index contributed by atoms with van der Waals surface area (Å²) in [6, 6.07) is 2.96. The number of halogens is 1. The van der Waals surface area contributed by atoms with Crippen LogP contribution in [0.5, 0.6) is 0 Å². The molecule has 0 unspecified atom stereocenters. The Morgan fingerprint density at radius 3 is 2.71 bits per heavy atom. The van der Waals surface area contributed by atoms with Crippen LogP contribution in [-0.2, 0) is 7.05 Å². The van der Waals surface area contributed by atoms with Crippen LogP contribution in [0.3, 0.4) is 0 Å². The third kappa shape index (κ3) is 5.01. The molecule has 1 amide bonds. The molecule has 6 heteroatoms. The van der Waals surface area contributed by atoms with E-state index in [1.165, 1.54) is 10.6 Å². The van der Waals surface area contributed by atoms with Crippen LogP contribution in [0.4, 0.5) is 0 Å². The van der Waals surface area contributed by atoms with Crippen LogP contribution in [0.15, 0.2) is 23.1 Å². The van der Waals surface area contributed by atoms with Crippen LogP contribution in [-0.4, -0.2) is 30.1 Å². The largest absolute Gasteiger partial charge is 0.351 e. The standard InChI is InChI=1S/C11H17N3O2.ClH/c1-3-12-5-6-13-11(16)9-4-7-14(2)10(15)8-9;/h4,7-8,12H,3,5-6H2,1-2H3,(H,13,16);1H. The Bertz CT molecular complexity index is 417. The van der Waals surface area contributed by atoms with Gasteiger partial charge in [-0.3, -0.25) is 9.59 Å². The Balaban J connectivity index is 0.00000256. The summed E-state index contributed by atoms with van der Waals surface area (Å²) in [5.74, 6) is -0.212. The van der Waals surface area contributed by atoms with Crippen LogP contribution in [0.1, 0.15) is 17.3 Å². The first-order valence-corrected chi connectivity index (χ1v) is 5.30. The lowest BCUT2D eigenvalue weighted by Gasteiger charge is -2.05. The molecule has 0 bridgehead atoms. The number of hydrogen-bond acceptors (Lipinski definition) is 3. The van der Waals surface area contributed by atoms with Gasteiger partial charge < -0.3 is 15.2 Å². The number of carbonyl (C=O) groups excluding carboxylic acids is 1. The van der Waals surface area contributed by atoms with Gasteiger partial charge in [0, 0.05) is 38.0 Å². The quantitative estimate of drug-likeness (QED) is 0.740. The van der Waals surface area contributed by atoms with Crippen molar-refractivity contribution in [3.05, 3.63) is 34.2 Å². The topological polar surface area (TPSA) is 63.1 Å². The lowest BCUT2D eigenvalue weighted by atomic mass is 10.2. The maximum Gasteiger partial charge on any atom is 0.251 e. The van der Waals surface area contributed by atoms with E-state index in [0.29, 0.717) is 12.1 Å². The first-order chi connectivity index (χ1) is 7.65. The van der Waals surface area contributed by atoms with Crippen molar-refractivity contribution in [3.8, 4) is 0 Å². The van der Waals surface area contributed by atoms with Crippen molar-refractivity contribution in [2.75, 3.05) is 19.6 Å². The van der Waals surface area contributed by atoms with Gasteiger partial charge in [0.25, 0.3) is 11.5 Å². The van der Waals surface area contributed by atoms with E-state index in [1.54, 1.807) is 19.3 Å². The number of rotatable bonds is 5. The zero-order valence-corrected chi connectivity index (χ0v) is 10.8. The predicted molar refractivity (Wildman–Crippen MR) is 69.8 cm³/mol. The fourth-order valence-electron chi connectivity index (χ4n) is 1.23. The first kappa shape index (κ1) is 15.7. The number of nitrogens with zero attached hydrogens (tertiary/aromatic N) is 1. The number of aromatic nitrogens is 1. The molecule has 96 valence electrons. The van der Waals surface area contributed by atoms with Crippen LogP contribution in [0, 0.1) is 0 Å². The van der Waals surface area contributed by atoms with Gasteiger partial charge in [-0.05, 0) is 12.6 Å². The highest BCUT2D eigenvalue weighted by Crippen LogP contribution is 1.93. The second kappa shape index (κ2) is 7.86. The Labute approximate surface area is 107 Å². The molecule has 1 heterocycles. The van der Waals surface area contributed by atoms with Crippen molar-refractivity contribution in [2.45, 2.75) is 6.92 Å². The zero-order valence-electron chi connectivity index (χ0n) is 10.0. The number of carbonyl (C=O) groups is 1. The maximum atomic E-state index is 11.6. The molecule has 0 aliphatic heterocycles. The molecule has 0 aliphatic carbocycles. The van der Waals surface area contributed by atoms with E-state index in [2.05, 4.69) is 10.6 Å². The number of pyridine rings is 1. The summed E-state index contributed by atoms with van der Waals surface area (Å²) in [5, 5.41) is 5.83. The Morgan fingerprint density at radius 1 is 1.41 bits per heavy atom. The summed E-state index contributed by atoms with van der Waals surface area (Å²) in [7, 11) is 1.65. The van der Waals surface area contributed by atoms with Crippen molar-refractivity contribution in [1.82, 2.24) is 15.2 Å². The Kier molecular flexibility index (Phi) is 7.25. The van der Waals surface area contributed by atoms with Gasteiger partial charge in [0.05, 0.1) is 0 Å². The van der Waals surface area contributed by atoms with Gasteiger partial charge >= 0.3 is 0 Å². The maximum absolute atomic E-state index is 11.6. The second-order valence-electron chi connectivity index (χ2n) is 3.47. The highest BCUT2D eigenvalue weighted by molar-refractivity contribution is 5.93. The van der Waals surface area contributed by atoms with Crippen LogP contribution >= 0.6 is 12.4 Å². The summed E-state index contributed by atoms with van der Waals surface area (Å²) < 4.78 is 1.43. The zero-order chi connectivity index (χ0) is 12.0. The summed E-state index contributed by atoms with van der Waals surface area (Å²) in [5.41, 5.74) is 0.221. The molecule has 17 heavy (non-hydrogen) atoms. The van der Waals surface area contributed by atoms with Gasteiger partial charge in [0.2, 0.25) is 0 Å². The van der Waals surface area contributed by atoms with E-state index in [0.717, 1.165) is 13.1 Å². The van der Waals surface area contributed by atoms with E-state index >= 15 is 0 Å². The van der Waals surface area contributed by atoms with Crippen LogP contribution in [0.2, 0.25) is 0 Å². The molecule has 0 spiro atoms. The lowest BCUT2D eigenvalue weighted by molar-refractivity contribution is 0.0953. The van der Waals surface area contributed by atoms with E-state index in [9.17, 15) is 9.59 Å². The molecule has 1 aromatic heterocycles. The summed E-state index contributed by atoms with van der Waals surface area (Å²) >= 11 is 0. The predicted octanol–water partition coefficient (Wildman–Crippen LogP) is 0.146. The van der Waals surface area contributed by atoms with E-state index in [1.807, 2.05) is 6.92 Å². The molecular weight excluding hydrogens is 242 g/mol. The average Bonchev–Trinajstić information content (AvgIpc) is 2.28. The minimum Gasteiger partial charge on any atom is -0.351 e. The molecule has 0 aliphatic rings. The van der Waals surface area contributed by atoms with Gasteiger partial charge in [-0.15, -0.1) is 12.4 Å². The molecule has 0 aromatic carbocycles. The van der Waals surface area contributed by atoms with Crippen LogP contribution < -0.4 is 16.2 Å². The third-order valence-corrected chi connectivity index (χ3v) is 2.20. The van der Waals surface area contributed by atoms with Crippen molar-refractivity contribution in [3.63, 3.8) is 0 Å². The number of amides is 1. The summed E-state index contributed by atoms with van der Waals surface area (Å²) in [6.07, 6.45) is 1.58. The fourth-order valence-corrected chi connectivity index (χ4v) is 1.23. The average molecular weight is 260 g/mol. The fraction of sp³-hybridized carbons (Fsp3) is 0.455. The number of aryl methyl sites for hydroxylation is 1. The lowest BCUT2D eigenvalue weighted by Crippen LogP contribution is -2.32. The van der Waals surface area contributed by atoms with E-state index in [4.69, 9.17) is 0 Å². The highest BCUT2D eigenvalue weighted by atomic mass is 35.5. The van der Waals surface area contributed by atoms with Crippen molar-refractivity contribution in [1.29, 1.82) is 0 Å². The molecule has 5 nitrogen and oxygen atoms in total. The molecular formula is C11H18ClN3O2. The molecule has 2 N–H and O–H groups in total. The highest BCUT2D eigenvalue weighted by Gasteiger charge is 2.05. The Hall–Kier alpha value is -1.33. The third-order valence-electron chi connectivity index (χ3n) is 2.20. The second-order valence-corrected chi connectivity index (χ2v) is 3.47. The number of hydrogen-bond donors (Lipinski definition) is 2. The van der Waals surface area contributed by atoms with Crippen molar-refractivity contribution < 1.29 is 4.79 Å². The van der Waals surface area contributed by atoms with Gasteiger partial charge in [0.1, 0.15) is 0 Å². The molecule has 0 radical (unpaired) electrons. The summed E-state index contributed by atoms with van der Waals surface area (Å²) in [6.45, 7) is 4.17. The van der Waals surface area contributed by atoms with Gasteiger partial charge in [-0.1, -0.05) is 6.92 Å². The minimum atomic E-state index is -0.212. The van der Waals surface area contributed by atoms with Gasteiger partial charge in [-0.2, -0.15) is 0 Å². The normalized spacial score (nSPS) is 9.53. The SMILES string of the molecule is CCNCCNC(=O)c1ccn(C)c(=O)c1.Cl. The molecule has 0 atom stereocenters. The monoisotopic (exact) mass is 259 g/mol.